The molecule has 2 rings (SSSR count). The topological polar surface area (TPSA) is 55.8 Å². The standard InChI is InChI=1S/C18H32O4Si/c1-7-21-16(19)11-18(20)14-9-8-13(10-14)15(18)12-22-23(5,6)17(2,3)4/h8-9,13-15,20H,7,10-12H2,1-6H3/t13-,14+,15-,18+/m0/s1. The van der Waals surface area contributed by atoms with Crippen molar-refractivity contribution in [3.8, 4) is 0 Å². The molecule has 1 saturated carbocycles. The molecule has 4 atom stereocenters. The van der Waals surface area contributed by atoms with Crippen LogP contribution in [0, 0.1) is 17.8 Å². The van der Waals surface area contributed by atoms with Crippen LogP contribution in [-0.4, -0.2) is 38.2 Å². The van der Waals surface area contributed by atoms with Gasteiger partial charge in [0.1, 0.15) is 0 Å². The number of allylic oxidation sites excluding steroid dienone is 1. The van der Waals surface area contributed by atoms with Crippen LogP contribution in [0.2, 0.25) is 18.1 Å². The highest BCUT2D eigenvalue weighted by Gasteiger charge is 2.56. The third-order valence-corrected chi connectivity index (χ3v) is 10.6. The van der Waals surface area contributed by atoms with Crippen molar-refractivity contribution in [2.24, 2.45) is 17.8 Å². The van der Waals surface area contributed by atoms with Crippen LogP contribution >= 0.6 is 0 Å². The largest absolute Gasteiger partial charge is 0.466 e. The maximum absolute atomic E-state index is 11.9. The van der Waals surface area contributed by atoms with Crippen molar-refractivity contribution < 1.29 is 19.1 Å². The number of aliphatic hydroxyl groups is 1. The molecule has 0 aromatic carbocycles. The second-order valence-electron chi connectivity index (χ2n) is 8.54. The highest BCUT2D eigenvalue weighted by atomic mass is 28.4. The van der Waals surface area contributed by atoms with E-state index in [-0.39, 0.29) is 29.3 Å². The zero-order valence-electron chi connectivity index (χ0n) is 15.4. The Labute approximate surface area is 141 Å². The van der Waals surface area contributed by atoms with Crippen molar-refractivity contribution in [2.75, 3.05) is 13.2 Å². The predicted molar refractivity (Wildman–Crippen MR) is 93.6 cm³/mol. The summed E-state index contributed by atoms with van der Waals surface area (Å²) >= 11 is 0. The van der Waals surface area contributed by atoms with E-state index >= 15 is 0 Å². The molecule has 2 bridgehead atoms. The number of hydrogen-bond acceptors (Lipinski definition) is 4. The molecule has 0 saturated heterocycles. The van der Waals surface area contributed by atoms with Crippen LogP contribution in [-0.2, 0) is 14.0 Å². The molecule has 2 aliphatic rings. The Balaban J connectivity index is 2.10. The first-order chi connectivity index (χ1) is 10.5. The van der Waals surface area contributed by atoms with E-state index in [2.05, 4.69) is 46.0 Å². The van der Waals surface area contributed by atoms with Gasteiger partial charge in [-0.1, -0.05) is 32.9 Å². The maximum atomic E-state index is 11.9. The van der Waals surface area contributed by atoms with Crippen molar-refractivity contribution in [3.63, 3.8) is 0 Å². The molecule has 0 heterocycles. The number of carbonyl (C=O) groups is 1. The second kappa shape index (κ2) is 6.34. The van der Waals surface area contributed by atoms with Crippen molar-refractivity contribution in [3.05, 3.63) is 12.2 Å². The fraction of sp³-hybridized carbons (Fsp3) is 0.833. The smallest absolute Gasteiger partial charge is 0.308 e. The Hall–Kier alpha value is -0.653. The summed E-state index contributed by atoms with van der Waals surface area (Å²) in [5, 5.41) is 11.4. The normalized spacial score (nSPS) is 33.3. The maximum Gasteiger partial charge on any atom is 0.308 e. The van der Waals surface area contributed by atoms with Gasteiger partial charge in [-0.3, -0.25) is 4.79 Å². The van der Waals surface area contributed by atoms with Gasteiger partial charge in [0.25, 0.3) is 0 Å². The van der Waals surface area contributed by atoms with Crippen LogP contribution < -0.4 is 0 Å². The number of carbonyl (C=O) groups excluding carboxylic acids is 1. The lowest BCUT2D eigenvalue weighted by molar-refractivity contribution is -0.153. The van der Waals surface area contributed by atoms with E-state index in [0.29, 0.717) is 19.1 Å². The lowest BCUT2D eigenvalue weighted by Gasteiger charge is -2.41. The minimum Gasteiger partial charge on any atom is -0.466 e. The number of fused-ring (bicyclic) bond motifs is 2. The quantitative estimate of drug-likeness (QED) is 0.457. The molecule has 0 unspecified atom stereocenters. The van der Waals surface area contributed by atoms with Crippen molar-refractivity contribution in [2.45, 2.75) is 64.3 Å². The van der Waals surface area contributed by atoms with Gasteiger partial charge in [0.05, 0.1) is 18.6 Å². The van der Waals surface area contributed by atoms with Crippen LogP contribution in [0.1, 0.15) is 40.5 Å². The Kier molecular flexibility index (Phi) is 5.15. The van der Waals surface area contributed by atoms with Crippen molar-refractivity contribution in [1.82, 2.24) is 0 Å². The van der Waals surface area contributed by atoms with Gasteiger partial charge in [0.2, 0.25) is 0 Å². The van der Waals surface area contributed by atoms with Crippen molar-refractivity contribution in [1.29, 1.82) is 0 Å². The highest BCUT2D eigenvalue weighted by Crippen LogP contribution is 2.53. The summed E-state index contributed by atoms with van der Waals surface area (Å²) in [6, 6.07) is 0. The third-order valence-electron chi connectivity index (χ3n) is 6.08. The Morgan fingerprint density at radius 1 is 1.35 bits per heavy atom. The zero-order valence-corrected chi connectivity index (χ0v) is 16.4. The average molecular weight is 341 g/mol. The van der Waals surface area contributed by atoms with Gasteiger partial charge in [-0.05, 0) is 37.4 Å². The van der Waals surface area contributed by atoms with E-state index < -0.39 is 13.9 Å². The fourth-order valence-electron chi connectivity index (χ4n) is 3.53. The summed E-state index contributed by atoms with van der Waals surface area (Å²) < 4.78 is 11.4. The van der Waals surface area contributed by atoms with E-state index in [1.54, 1.807) is 6.92 Å². The number of rotatable bonds is 6. The molecule has 0 radical (unpaired) electrons. The molecule has 5 heteroatoms. The van der Waals surface area contributed by atoms with Gasteiger partial charge in [-0.15, -0.1) is 0 Å². The van der Waals surface area contributed by atoms with Gasteiger partial charge in [0.15, 0.2) is 8.32 Å². The summed E-state index contributed by atoms with van der Waals surface area (Å²) in [5.74, 6) is 0.0263. The molecule has 0 amide bonds. The van der Waals surface area contributed by atoms with Crippen LogP contribution in [0.4, 0.5) is 0 Å². The van der Waals surface area contributed by atoms with E-state index in [1.165, 1.54) is 0 Å². The number of esters is 1. The Morgan fingerprint density at radius 3 is 2.57 bits per heavy atom. The van der Waals surface area contributed by atoms with E-state index in [0.717, 1.165) is 6.42 Å². The third kappa shape index (κ3) is 3.56. The highest BCUT2D eigenvalue weighted by molar-refractivity contribution is 6.74. The number of hydrogen-bond donors (Lipinski definition) is 1. The fourth-order valence-corrected chi connectivity index (χ4v) is 4.56. The summed E-state index contributed by atoms with van der Waals surface area (Å²) in [7, 11) is -1.87. The molecule has 0 aromatic heterocycles. The Bertz CT molecular complexity index is 480. The van der Waals surface area contributed by atoms with E-state index in [1.807, 2.05) is 0 Å². The average Bonchev–Trinajstić information content (AvgIpc) is 2.95. The number of ether oxygens (including phenoxy) is 1. The first-order valence-corrected chi connectivity index (χ1v) is 11.6. The van der Waals surface area contributed by atoms with Gasteiger partial charge in [-0.25, -0.2) is 0 Å². The van der Waals surface area contributed by atoms with Crippen LogP contribution in [0.15, 0.2) is 12.2 Å². The summed E-state index contributed by atoms with van der Waals surface area (Å²) in [4.78, 5) is 11.9. The van der Waals surface area contributed by atoms with E-state index in [9.17, 15) is 9.90 Å². The molecular weight excluding hydrogens is 308 g/mol. The Morgan fingerprint density at radius 2 is 2.00 bits per heavy atom. The minimum atomic E-state index is -1.87. The van der Waals surface area contributed by atoms with Gasteiger partial charge in [0, 0.05) is 18.4 Å². The molecule has 0 aliphatic heterocycles. The predicted octanol–water partition coefficient (Wildman–Crippen LogP) is 3.51. The zero-order chi connectivity index (χ0) is 17.5. The van der Waals surface area contributed by atoms with E-state index in [4.69, 9.17) is 9.16 Å². The second-order valence-corrected chi connectivity index (χ2v) is 13.4. The molecule has 4 nitrogen and oxygen atoms in total. The first-order valence-electron chi connectivity index (χ1n) is 8.71. The summed E-state index contributed by atoms with van der Waals surface area (Å²) in [5.41, 5.74) is -1.02. The SMILES string of the molecule is CCOC(=O)C[C@@]1(O)[C@@H]2C=C[C@@H](C2)[C@@H]1CO[Si](C)(C)C(C)(C)C. The monoisotopic (exact) mass is 340 g/mol. The van der Waals surface area contributed by atoms with Crippen LogP contribution in [0.25, 0.3) is 0 Å². The molecule has 23 heavy (non-hydrogen) atoms. The van der Waals surface area contributed by atoms with Crippen LogP contribution in [0.5, 0.6) is 0 Å². The van der Waals surface area contributed by atoms with Gasteiger partial charge in [-0.2, -0.15) is 0 Å². The summed E-state index contributed by atoms with van der Waals surface area (Å²) in [6.45, 7) is 13.8. The first kappa shape index (κ1) is 18.7. The lowest BCUT2D eigenvalue weighted by atomic mass is 9.77. The van der Waals surface area contributed by atoms with Gasteiger partial charge >= 0.3 is 5.97 Å². The summed E-state index contributed by atoms with van der Waals surface area (Å²) in [6.07, 6.45) is 5.23. The molecular formula is C18H32O4Si. The molecule has 132 valence electrons. The molecule has 1 fully saturated rings. The lowest BCUT2D eigenvalue weighted by Crippen LogP contribution is -2.49. The molecule has 0 spiro atoms. The molecule has 0 aromatic rings. The van der Waals surface area contributed by atoms with Crippen molar-refractivity contribution >= 4 is 14.3 Å². The van der Waals surface area contributed by atoms with Crippen LogP contribution in [0.3, 0.4) is 0 Å². The molecule has 1 N–H and O–H groups in total. The minimum absolute atomic E-state index is 0.0176. The molecule has 2 aliphatic carbocycles. The van der Waals surface area contributed by atoms with Gasteiger partial charge < -0.3 is 14.3 Å².